The van der Waals surface area contributed by atoms with Crippen molar-refractivity contribution in [2.45, 2.75) is 18.5 Å². The molecule has 3 aromatic rings. The van der Waals surface area contributed by atoms with Crippen LogP contribution >= 0.6 is 11.8 Å². The minimum Gasteiger partial charge on any atom is -0.338 e. The van der Waals surface area contributed by atoms with Crippen LogP contribution in [0.1, 0.15) is 13.3 Å². The molecule has 0 fully saturated rings. The van der Waals surface area contributed by atoms with Gasteiger partial charge in [-0.1, -0.05) is 49.0 Å². The summed E-state index contributed by atoms with van der Waals surface area (Å²) in [6.07, 6.45) is 0.817. The number of hydrogen-bond acceptors (Lipinski definition) is 4. The number of amides is 3. The second-order valence-electron chi connectivity index (χ2n) is 5.65. The molecule has 134 valence electrons. The molecule has 2 N–H and O–H groups in total. The summed E-state index contributed by atoms with van der Waals surface area (Å²) in [6.45, 7) is 2.49. The third-order valence-electron chi connectivity index (χ3n) is 3.67. The Morgan fingerprint density at radius 2 is 1.81 bits per heavy atom. The fourth-order valence-electron chi connectivity index (χ4n) is 2.50. The number of rotatable bonds is 6. The second kappa shape index (κ2) is 8.53. The van der Waals surface area contributed by atoms with E-state index < -0.39 is 6.03 Å². The monoisotopic (exact) mass is 368 g/mol. The molecule has 1 aromatic heterocycles. The van der Waals surface area contributed by atoms with Crippen LogP contribution in [0.2, 0.25) is 0 Å². The summed E-state index contributed by atoms with van der Waals surface area (Å²) in [5, 5.41) is 5.66. The van der Waals surface area contributed by atoms with Crippen molar-refractivity contribution in [1.29, 1.82) is 0 Å². The van der Waals surface area contributed by atoms with Crippen molar-refractivity contribution in [2.75, 3.05) is 12.3 Å². The maximum absolute atomic E-state index is 12.0. The van der Waals surface area contributed by atoms with Gasteiger partial charge < -0.3 is 5.32 Å². The van der Waals surface area contributed by atoms with E-state index in [-0.39, 0.29) is 11.7 Å². The van der Waals surface area contributed by atoms with Gasteiger partial charge in [-0.3, -0.25) is 14.7 Å². The van der Waals surface area contributed by atoms with Gasteiger partial charge in [0.25, 0.3) is 0 Å². The van der Waals surface area contributed by atoms with Gasteiger partial charge in [0.1, 0.15) is 0 Å². The van der Waals surface area contributed by atoms with E-state index in [9.17, 15) is 9.59 Å². The zero-order chi connectivity index (χ0) is 18.4. The average molecular weight is 368 g/mol. The Labute approximate surface area is 156 Å². The van der Waals surface area contributed by atoms with Gasteiger partial charge in [0, 0.05) is 12.2 Å². The van der Waals surface area contributed by atoms with Crippen molar-refractivity contribution in [1.82, 2.24) is 20.2 Å². The van der Waals surface area contributed by atoms with E-state index in [1.165, 1.54) is 11.8 Å². The maximum atomic E-state index is 12.0. The summed E-state index contributed by atoms with van der Waals surface area (Å²) in [7, 11) is 0. The van der Waals surface area contributed by atoms with Crippen LogP contribution in [0.4, 0.5) is 4.79 Å². The van der Waals surface area contributed by atoms with Crippen LogP contribution < -0.4 is 10.6 Å². The summed E-state index contributed by atoms with van der Waals surface area (Å²) in [5.74, 6) is -0.245. The molecule has 26 heavy (non-hydrogen) atoms. The molecule has 0 radical (unpaired) electrons. The molecule has 2 aromatic carbocycles. The van der Waals surface area contributed by atoms with Crippen molar-refractivity contribution in [2.24, 2.45) is 0 Å². The smallest absolute Gasteiger partial charge is 0.321 e. The molecule has 0 bridgehead atoms. The Hall–Kier alpha value is -2.80. The molecule has 0 unspecified atom stereocenters. The zero-order valence-corrected chi connectivity index (χ0v) is 15.3. The number of nitrogens with zero attached hydrogens (tertiary/aromatic N) is 2. The summed E-state index contributed by atoms with van der Waals surface area (Å²) < 4.78 is 2.02. The fourth-order valence-corrected chi connectivity index (χ4v) is 3.33. The molecule has 3 amide bonds. The Balaban J connectivity index is 1.78. The Morgan fingerprint density at radius 1 is 1.08 bits per heavy atom. The number of nitrogens with one attached hydrogen (secondary N) is 2. The fraction of sp³-hybridized carbons (Fsp3) is 0.211. The summed E-state index contributed by atoms with van der Waals surface area (Å²) in [6, 6.07) is 17.2. The molecule has 0 saturated carbocycles. The van der Waals surface area contributed by atoms with Crippen LogP contribution in [-0.4, -0.2) is 33.8 Å². The average Bonchev–Trinajstić information content (AvgIpc) is 3.04. The van der Waals surface area contributed by atoms with Gasteiger partial charge >= 0.3 is 6.03 Å². The molecule has 6 nitrogen and oxygen atoms in total. The number of fused-ring (bicyclic) bond motifs is 1. The number of carbonyl (C=O) groups is 2. The Bertz CT molecular complexity index is 908. The minimum absolute atomic E-state index is 0.107. The number of carbonyl (C=O) groups excluding carboxylic acids is 2. The van der Waals surface area contributed by atoms with Crippen LogP contribution in [0.5, 0.6) is 0 Å². The first-order chi connectivity index (χ1) is 12.7. The van der Waals surface area contributed by atoms with Crippen molar-refractivity contribution < 1.29 is 9.59 Å². The normalized spacial score (nSPS) is 10.7. The summed E-state index contributed by atoms with van der Waals surface area (Å²) in [5.41, 5.74) is 2.81. The summed E-state index contributed by atoms with van der Waals surface area (Å²) >= 11 is 1.30. The number of imide groups is 1. The molecule has 7 heteroatoms. The SMILES string of the molecule is CCCNC(=O)NC(=O)CSc1nc2ccccc2n1-c1ccccc1. The van der Waals surface area contributed by atoms with Crippen LogP contribution in [0.15, 0.2) is 59.8 Å². The zero-order valence-electron chi connectivity index (χ0n) is 14.4. The van der Waals surface area contributed by atoms with Crippen molar-refractivity contribution in [3.05, 3.63) is 54.6 Å². The van der Waals surface area contributed by atoms with Crippen LogP contribution in [-0.2, 0) is 4.79 Å². The van der Waals surface area contributed by atoms with Crippen LogP contribution in [0, 0.1) is 0 Å². The number of imidazole rings is 1. The van der Waals surface area contributed by atoms with Crippen LogP contribution in [0.3, 0.4) is 0 Å². The lowest BCUT2D eigenvalue weighted by Crippen LogP contribution is -2.40. The molecule has 0 aliphatic rings. The number of aromatic nitrogens is 2. The van der Waals surface area contributed by atoms with E-state index in [1.54, 1.807) is 0 Å². The third-order valence-corrected chi connectivity index (χ3v) is 4.60. The highest BCUT2D eigenvalue weighted by Gasteiger charge is 2.15. The van der Waals surface area contributed by atoms with E-state index in [0.29, 0.717) is 11.7 Å². The second-order valence-corrected chi connectivity index (χ2v) is 6.59. The van der Waals surface area contributed by atoms with E-state index in [2.05, 4.69) is 15.6 Å². The lowest BCUT2D eigenvalue weighted by Gasteiger charge is -2.09. The Kier molecular flexibility index (Phi) is 5.91. The number of hydrogen-bond donors (Lipinski definition) is 2. The molecular weight excluding hydrogens is 348 g/mol. The molecule has 0 aliphatic carbocycles. The lowest BCUT2D eigenvalue weighted by molar-refractivity contribution is -0.117. The first-order valence-corrected chi connectivity index (χ1v) is 9.41. The molecule has 0 atom stereocenters. The third kappa shape index (κ3) is 4.23. The number of thioether (sulfide) groups is 1. The van der Waals surface area contributed by atoms with E-state index in [1.807, 2.05) is 66.1 Å². The predicted octanol–water partition coefficient (Wildman–Crippen LogP) is 3.35. The van der Waals surface area contributed by atoms with E-state index >= 15 is 0 Å². The van der Waals surface area contributed by atoms with Crippen molar-refractivity contribution >= 4 is 34.7 Å². The molecule has 1 heterocycles. The van der Waals surface area contributed by atoms with Gasteiger partial charge in [0.2, 0.25) is 5.91 Å². The van der Waals surface area contributed by atoms with Crippen molar-refractivity contribution in [3.8, 4) is 5.69 Å². The van der Waals surface area contributed by atoms with Gasteiger partial charge in [0.05, 0.1) is 16.8 Å². The minimum atomic E-state index is -0.464. The van der Waals surface area contributed by atoms with Crippen molar-refractivity contribution in [3.63, 3.8) is 0 Å². The van der Waals surface area contributed by atoms with Gasteiger partial charge in [0.15, 0.2) is 5.16 Å². The highest BCUT2D eigenvalue weighted by atomic mass is 32.2. The van der Waals surface area contributed by atoms with Crippen LogP contribution in [0.25, 0.3) is 16.7 Å². The predicted molar refractivity (Wildman–Crippen MR) is 104 cm³/mol. The molecule has 0 aliphatic heterocycles. The van der Waals surface area contributed by atoms with E-state index in [0.717, 1.165) is 23.1 Å². The standard InChI is InChI=1S/C19H20N4O2S/c1-2-12-20-18(25)22-17(24)13-26-19-21-15-10-6-7-11-16(15)23(19)14-8-4-3-5-9-14/h3-11H,2,12-13H2,1H3,(H2,20,22,24,25). The number of benzene rings is 2. The first kappa shape index (κ1) is 18.0. The first-order valence-electron chi connectivity index (χ1n) is 8.42. The molecular formula is C19H20N4O2S. The summed E-state index contributed by atoms with van der Waals surface area (Å²) in [4.78, 5) is 28.2. The Morgan fingerprint density at radius 3 is 2.58 bits per heavy atom. The maximum Gasteiger partial charge on any atom is 0.321 e. The van der Waals surface area contributed by atoms with Gasteiger partial charge in [-0.2, -0.15) is 0 Å². The highest BCUT2D eigenvalue weighted by molar-refractivity contribution is 7.99. The van der Waals surface area contributed by atoms with Gasteiger partial charge in [-0.05, 0) is 30.7 Å². The number of para-hydroxylation sites is 3. The molecule has 3 rings (SSSR count). The van der Waals surface area contributed by atoms with E-state index in [4.69, 9.17) is 0 Å². The highest BCUT2D eigenvalue weighted by Crippen LogP contribution is 2.27. The molecule has 0 saturated heterocycles. The lowest BCUT2D eigenvalue weighted by atomic mass is 10.3. The largest absolute Gasteiger partial charge is 0.338 e. The number of urea groups is 1. The molecule has 0 spiro atoms. The van der Waals surface area contributed by atoms with Gasteiger partial charge in [-0.15, -0.1) is 0 Å². The van der Waals surface area contributed by atoms with Gasteiger partial charge in [-0.25, -0.2) is 9.78 Å². The quantitative estimate of drug-likeness (QED) is 0.654. The topological polar surface area (TPSA) is 76.0 Å².